The van der Waals surface area contributed by atoms with E-state index in [1.165, 1.54) is 11.1 Å². The smallest absolute Gasteiger partial charge is 0.241 e. The fourth-order valence-corrected chi connectivity index (χ4v) is 6.65. The van der Waals surface area contributed by atoms with Gasteiger partial charge in [0.15, 0.2) is 11.5 Å². The second kappa shape index (κ2) is 11.3. The van der Waals surface area contributed by atoms with E-state index in [9.17, 15) is 4.79 Å². The summed E-state index contributed by atoms with van der Waals surface area (Å²) in [7, 11) is 1.71. The molecule has 1 saturated heterocycles. The number of ether oxygens (including phenoxy) is 3. The van der Waals surface area contributed by atoms with Crippen LogP contribution in [0.1, 0.15) is 63.0 Å². The van der Waals surface area contributed by atoms with E-state index in [4.69, 9.17) is 14.2 Å². The van der Waals surface area contributed by atoms with Crippen LogP contribution < -0.4 is 9.64 Å². The number of carbonyl (C=O) groups excluding carboxylic acids is 1. The number of likely N-dealkylation sites (tertiary alicyclic amines) is 1. The zero-order valence-electron chi connectivity index (χ0n) is 24.0. The third kappa shape index (κ3) is 5.24. The van der Waals surface area contributed by atoms with Gasteiger partial charge in [-0.3, -0.25) is 14.7 Å². The summed E-state index contributed by atoms with van der Waals surface area (Å²) in [6.07, 6.45) is 13.7. The summed E-state index contributed by atoms with van der Waals surface area (Å²) in [4.78, 5) is 22.5. The highest BCUT2D eigenvalue weighted by Crippen LogP contribution is 2.56. The number of amides is 1. The standard InChI is InChI=1S/C33H41N3O4/c1-4-5-14-36(27-7-6-13-34-20-27)32(37)22-35-21-26(24-9-11-28-25(17-24)12-15-39-28)18-33(35)19-31(33)40-30-16-23(2)8-10-29(30)38-3/h6-7,9-11,13,16-17,20,23,26,31H,4-5,8,12,14-15,18-19,21-22H2,1-3H3/t23?,26-,31?,33+/m1/s1. The van der Waals surface area contributed by atoms with Crippen LogP contribution in [0.15, 0.2) is 66.4 Å². The van der Waals surface area contributed by atoms with Gasteiger partial charge < -0.3 is 19.1 Å². The molecule has 4 atom stereocenters. The van der Waals surface area contributed by atoms with Crippen molar-refractivity contribution in [1.82, 2.24) is 9.88 Å². The fraction of sp³-hybridized carbons (Fsp3) is 0.515. The lowest BCUT2D eigenvalue weighted by Gasteiger charge is -2.29. The Morgan fingerprint density at radius 2 is 2.15 bits per heavy atom. The summed E-state index contributed by atoms with van der Waals surface area (Å²) in [5, 5.41) is 0. The average molecular weight is 544 g/mol. The van der Waals surface area contributed by atoms with Crippen LogP contribution in [0.3, 0.4) is 0 Å². The van der Waals surface area contributed by atoms with E-state index in [0.717, 1.165) is 74.6 Å². The van der Waals surface area contributed by atoms with E-state index in [2.05, 4.69) is 54.1 Å². The van der Waals surface area contributed by atoms with Gasteiger partial charge in [-0.15, -0.1) is 0 Å². The van der Waals surface area contributed by atoms with Crippen molar-refractivity contribution in [3.8, 4) is 5.75 Å². The van der Waals surface area contributed by atoms with Crippen LogP contribution in [0.25, 0.3) is 0 Å². The fourth-order valence-electron chi connectivity index (χ4n) is 6.65. The first kappa shape index (κ1) is 26.9. The molecule has 7 nitrogen and oxygen atoms in total. The van der Waals surface area contributed by atoms with Gasteiger partial charge >= 0.3 is 0 Å². The molecule has 6 rings (SSSR count). The highest BCUT2D eigenvalue weighted by atomic mass is 16.5. The van der Waals surface area contributed by atoms with Crippen LogP contribution in [0.2, 0.25) is 0 Å². The lowest BCUT2D eigenvalue weighted by atomic mass is 9.93. The number of aromatic nitrogens is 1. The number of fused-ring (bicyclic) bond motifs is 1. The largest absolute Gasteiger partial charge is 0.493 e. The number of rotatable bonds is 10. The Bertz CT molecular complexity index is 1290. The third-order valence-corrected chi connectivity index (χ3v) is 9.00. The van der Waals surface area contributed by atoms with Crippen LogP contribution in [0.5, 0.6) is 5.75 Å². The molecule has 212 valence electrons. The van der Waals surface area contributed by atoms with Gasteiger partial charge in [0, 0.05) is 32.1 Å². The molecule has 1 aromatic carbocycles. The molecule has 0 N–H and O–H groups in total. The number of nitrogens with zero attached hydrogens (tertiary/aromatic N) is 3. The van der Waals surface area contributed by atoms with Crippen LogP contribution in [0.4, 0.5) is 5.69 Å². The van der Waals surface area contributed by atoms with Gasteiger partial charge in [0.1, 0.15) is 11.9 Å². The normalized spacial score (nSPS) is 27.0. The van der Waals surface area contributed by atoms with Gasteiger partial charge in [-0.1, -0.05) is 32.4 Å². The molecule has 0 bridgehead atoms. The maximum atomic E-state index is 13.9. The number of methoxy groups -OCH3 is 1. The SMILES string of the molecule is CCCCN(C(=O)CN1C[C@H](c2ccc3c(c2)CCO3)C[C@@]12CC2OC1=CC(C)CC=C1OC)c1cccnc1. The third-order valence-electron chi connectivity index (χ3n) is 9.00. The Balaban J connectivity index is 1.25. The summed E-state index contributed by atoms with van der Waals surface area (Å²) in [5.41, 5.74) is 3.33. The molecule has 2 aromatic rings. The van der Waals surface area contributed by atoms with Crippen molar-refractivity contribution >= 4 is 11.6 Å². The Labute approximate surface area is 237 Å². The van der Waals surface area contributed by atoms with E-state index in [-0.39, 0.29) is 17.6 Å². The summed E-state index contributed by atoms with van der Waals surface area (Å²) in [6, 6.07) is 10.5. The van der Waals surface area contributed by atoms with E-state index >= 15 is 0 Å². The van der Waals surface area contributed by atoms with Crippen molar-refractivity contribution in [3.05, 3.63) is 77.5 Å². The molecule has 2 unspecified atom stereocenters. The molecule has 2 fully saturated rings. The number of hydrogen-bond donors (Lipinski definition) is 0. The highest BCUT2D eigenvalue weighted by molar-refractivity contribution is 5.94. The zero-order chi connectivity index (χ0) is 27.7. The molecule has 3 heterocycles. The van der Waals surface area contributed by atoms with Gasteiger partial charge in [-0.25, -0.2) is 0 Å². The van der Waals surface area contributed by atoms with Gasteiger partial charge in [0.25, 0.3) is 0 Å². The molecule has 1 amide bonds. The second-order valence-electron chi connectivity index (χ2n) is 11.8. The first-order valence-electron chi connectivity index (χ1n) is 14.8. The lowest BCUT2D eigenvalue weighted by molar-refractivity contribution is -0.120. The van der Waals surface area contributed by atoms with Crippen molar-refractivity contribution in [1.29, 1.82) is 0 Å². The Hall–Kier alpha value is -3.32. The van der Waals surface area contributed by atoms with Crippen LogP contribution in [-0.2, 0) is 20.7 Å². The topological polar surface area (TPSA) is 64.1 Å². The minimum Gasteiger partial charge on any atom is -0.493 e. The molecule has 2 aliphatic carbocycles. The van der Waals surface area contributed by atoms with E-state index in [1.807, 2.05) is 17.0 Å². The van der Waals surface area contributed by atoms with Crippen LogP contribution in [-0.4, -0.2) is 60.8 Å². The number of allylic oxidation sites excluding steroid dienone is 2. The van der Waals surface area contributed by atoms with Gasteiger partial charge in [-0.2, -0.15) is 0 Å². The van der Waals surface area contributed by atoms with E-state index in [0.29, 0.717) is 24.9 Å². The van der Waals surface area contributed by atoms with Crippen LogP contribution in [0, 0.1) is 5.92 Å². The lowest BCUT2D eigenvalue weighted by Crippen LogP contribution is -2.45. The minimum absolute atomic E-state index is 0.0284. The molecule has 7 heteroatoms. The molecular weight excluding hydrogens is 502 g/mol. The first-order chi connectivity index (χ1) is 19.5. The molecule has 2 aliphatic heterocycles. The number of carbonyl (C=O) groups is 1. The molecule has 1 aromatic heterocycles. The van der Waals surface area contributed by atoms with E-state index in [1.54, 1.807) is 19.5 Å². The van der Waals surface area contributed by atoms with Crippen LogP contribution >= 0.6 is 0 Å². The van der Waals surface area contributed by atoms with Gasteiger partial charge in [-0.05, 0) is 72.6 Å². The predicted molar refractivity (Wildman–Crippen MR) is 155 cm³/mol. The summed E-state index contributed by atoms with van der Waals surface area (Å²) in [6.45, 7) is 7.01. The van der Waals surface area contributed by atoms with Gasteiger partial charge in [0.05, 0.1) is 37.7 Å². The Morgan fingerprint density at radius 3 is 2.95 bits per heavy atom. The summed E-state index contributed by atoms with van der Waals surface area (Å²) < 4.78 is 18.1. The van der Waals surface area contributed by atoms with Crippen molar-refractivity contribution in [3.63, 3.8) is 0 Å². The first-order valence-corrected chi connectivity index (χ1v) is 14.8. The van der Waals surface area contributed by atoms with E-state index < -0.39 is 0 Å². The van der Waals surface area contributed by atoms with Crippen molar-refractivity contribution in [2.24, 2.45) is 5.92 Å². The van der Waals surface area contributed by atoms with Gasteiger partial charge in [0.2, 0.25) is 5.91 Å². The maximum Gasteiger partial charge on any atom is 0.241 e. The molecule has 4 aliphatic rings. The number of unbranched alkanes of at least 4 members (excludes halogenated alkanes) is 1. The maximum absolute atomic E-state index is 13.9. The molecule has 1 spiro atoms. The van der Waals surface area contributed by atoms with Crippen molar-refractivity contribution in [2.75, 3.05) is 38.3 Å². The quantitative estimate of drug-likeness (QED) is 0.388. The number of hydrogen-bond acceptors (Lipinski definition) is 6. The monoisotopic (exact) mass is 543 g/mol. The minimum atomic E-state index is -0.165. The highest BCUT2D eigenvalue weighted by Gasteiger charge is 2.65. The molecular formula is C33H41N3O4. The predicted octanol–water partition coefficient (Wildman–Crippen LogP) is 5.62. The Morgan fingerprint density at radius 1 is 1.25 bits per heavy atom. The summed E-state index contributed by atoms with van der Waals surface area (Å²) in [5.74, 6) is 3.55. The second-order valence-corrected chi connectivity index (χ2v) is 11.8. The summed E-state index contributed by atoms with van der Waals surface area (Å²) >= 11 is 0. The average Bonchev–Trinajstić information content (AvgIpc) is 3.27. The number of pyridine rings is 1. The van der Waals surface area contributed by atoms with Crippen molar-refractivity contribution in [2.45, 2.75) is 69.9 Å². The van der Waals surface area contributed by atoms with Crippen molar-refractivity contribution < 1.29 is 19.0 Å². The molecule has 1 saturated carbocycles. The number of benzene rings is 1. The Kier molecular flexibility index (Phi) is 7.58. The number of anilines is 1. The molecule has 0 radical (unpaired) electrons. The zero-order valence-corrected chi connectivity index (χ0v) is 24.0. The molecule has 40 heavy (non-hydrogen) atoms.